The summed E-state index contributed by atoms with van der Waals surface area (Å²) in [6.45, 7) is 4.46. The molecule has 1 saturated carbocycles. The second kappa shape index (κ2) is 4.43. The van der Waals surface area contributed by atoms with Crippen LogP contribution in [0.4, 0.5) is 0 Å². The van der Waals surface area contributed by atoms with Crippen molar-refractivity contribution in [3.05, 3.63) is 35.6 Å². The van der Waals surface area contributed by atoms with Gasteiger partial charge in [0.15, 0.2) is 0 Å². The van der Waals surface area contributed by atoms with Crippen LogP contribution in [-0.4, -0.2) is 13.1 Å². The number of benzene rings is 1. The highest BCUT2D eigenvalue weighted by atomic mass is 16.3. The zero-order valence-electron chi connectivity index (χ0n) is 11.4. The molecular weight excluding hydrogens is 222 g/mol. The standard InChI is InChI=1S/C16H21NO/c1-10-4-7-15-12(8-10)9-16(18-15)13-5-6-14(17-3)11(13)2/h4,7-9,11,13-14,17H,5-6H2,1-3H3. The second-order valence-electron chi connectivity index (χ2n) is 5.63. The number of fused-ring (bicyclic) bond motifs is 1. The number of hydrogen-bond donors (Lipinski definition) is 1. The number of rotatable bonds is 2. The Morgan fingerprint density at radius 1 is 1.22 bits per heavy atom. The van der Waals surface area contributed by atoms with Gasteiger partial charge in [-0.25, -0.2) is 0 Å². The van der Waals surface area contributed by atoms with Gasteiger partial charge in [-0.2, -0.15) is 0 Å². The predicted octanol–water partition coefficient (Wildman–Crippen LogP) is 3.84. The minimum atomic E-state index is 0.565. The van der Waals surface area contributed by atoms with E-state index in [2.05, 4.69) is 50.5 Å². The molecule has 3 rings (SSSR count). The van der Waals surface area contributed by atoms with Crippen LogP contribution < -0.4 is 5.32 Å². The topological polar surface area (TPSA) is 25.2 Å². The lowest BCUT2D eigenvalue weighted by atomic mass is 9.93. The SMILES string of the molecule is CNC1CCC(c2cc3cc(C)ccc3o2)C1C. The number of furan rings is 1. The summed E-state index contributed by atoms with van der Waals surface area (Å²) in [4.78, 5) is 0. The van der Waals surface area contributed by atoms with Crippen molar-refractivity contribution in [1.29, 1.82) is 0 Å². The summed E-state index contributed by atoms with van der Waals surface area (Å²) in [6, 6.07) is 9.27. The van der Waals surface area contributed by atoms with Crippen LogP contribution in [-0.2, 0) is 0 Å². The van der Waals surface area contributed by atoms with Crippen LogP contribution >= 0.6 is 0 Å². The van der Waals surface area contributed by atoms with Crippen molar-refractivity contribution in [2.45, 2.75) is 38.6 Å². The van der Waals surface area contributed by atoms with Crippen LogP contribution in [0.25, 0.3) is 11.0 Å². The van der Waals surface area contributed by atoms with Crippen molar-refractivity contribution in [2.24, 2.45) is 5.92 Å². The molecule has 1 aromatic heterocycles. The fraction of sp³-hybridized carbons (Fsp3) is 0.500. The molecule has 96 valence electrons. The molecule has 2 aromatic rings. The van der Waals surface area contributed by atoms with Gasteiger partial charge in [-0.3, -0.25) is 0 Å². The molecule has 3 unspecified atom stereocenters. The van der Waals surface area contributed by atoms with E-state index in [1.807, 2.05) is 0 Å². The van der Waals surface area contributed by atoms with Crippen molar-refractivity contribution >= 4 is 11.0 Å². The molecule has 1 aliphatic carbocycles. The van der Waals surface area contributed by atoms with Gasteiger partial charge in [-0.05, 0) is 50.9 Å². The summed E-state index contributed by atoms with van der Waals surface area (Å²) >= 11 is 0. The lowest BCUT2D eigenvalue weighted by molar-refractivity contribution is 0.387. The molecule has 18 heavy (non-hydrogen) atoms. The molecule has 0 aliphatic heterocycles. The van der Waals surface area contributed by atoms with E-state index in [-0.39, 0.29) is 0 Å². The second-order valence-corrected chi connectivity index (χ2v) is 5.63. The smallest absolute Gasteiger partial charge is 0.134 e. The zero-order chi connectivity index (χ0) is 12.7. The predicted molar refractivity (Wildman–Crippen MR) is 74.9 cm³/mol. The van der Waals surface area contributed by atoms with E-state index in [9.17, 15) is 0 Å². The molecular formula is C16H21NO. The van der Waals surface area contributed by atoms with E-state index in [0.717, 1.165) is 5.58 Å². The van der Waals surface area contributed by atoms with Gasteiger partial charge in [0.05, 0.1) is 0 Å². The Morgan fingerprint density at radius 3 is 2.78 bits per heavy atom. The molecule has 0 bridgehead atoms. The molecule has 1 aromatic carbocycles. The number of aryl methyl sites for hydroxylation is 1. The number of hydrogen-bond acceptors (Lipinski definition) is 2. The normalized spacial score (nSPS) is 28.1. The monoisotopic (exact) mass is 243 g/mol. The summed E-state index contributed by atoms with van der Waals surface area (Å²) in [5, 5.41) is 4.66. The lowest BCUT2D eigenvalue weighted by Gasteiger charge is -2.18. The highest BCUT2D eigenvalue weighted by Crippen LogP contribution is 2.41. The molecule has 3 atom stereocenters. The van der Waals surface area contributed by atoms with Gasteiger partial charge in [-0.15, -0.1) is 0 Å². The summed E-state index contributed by atoms with van der Waals surface area (Å²) in [6.07, 6.45) is 2.48. The van der Waals surface area contributed by atoms with Gasteiger partial charge >= 0.3 is 0 Å². The maximum atomic E-state index is 6.04. The summed E-state index contributed by atoms with van der Waals surface area (Å²) in [5.41, 5.74) is 2.32. The first kappa shape index (κ1) is 11.8. The van der Waals surface area contributed by atoms with Gasteiger partial charge in [0.2, 0.25) is 0 Å². The minimum absolute atomic E-state index is 0.565. The fourth-order valence-corrected chi connectivity index (χ4v) is 3.34. The Labute approximate surface area is 108 Å². The molecule has 2 heteroatoms. The average Bonchev–Trinajstić information content (AvgIpc) is 2.91. The Hall–Kier alpha value is -1.28. The van der Waals surface area contributed by atoms with Gasteiger partial charge in [0, 0.05) is 17.3 Å². The van der Waals surface area contributed by atoms with Crippen molar-refractivity contribution in [3.8, 4) is 0 Å². The summed E-state index contributed by atoms with van der Waals surface area (Å²) < 4.78 is 6.04. The van der Waals surface area contributed by atoms with Crippen LogP contribution in [0.2, 0.25) is 0 Å². The number of nitrogens with one attached hydrogen (secondary N) is 1. The average molecular weight is 243 g/mol. The third kappa shape index (κ3) is 1.85. The molecule has 0 saturated heterocycles. The minimum Gasteiger partial charge on any atom is -0.461 e. The van der Waals surface area contributed by atoms with Crippen molar-refractivity contribution in [3.63, 3.8) is 0 Å². The third-order valence-corrected chi connectivity index (χ3v) is 4.49. The Balaban J connectivity index is 1.95. The Kier molecular flexibility index (Phi) is 2.90. The van der Waals surface area contributed by atoms with E-state index in [4.69, 9.17) is 4.42 Å². The van der Waals surface area contributed by atoms with Gasteiger partial charge in [0.25, 0.3) is 0 Å². The molecule has 0 spiro atoms. The summed E-state index contributed by atoms with van der Waals surface area (Å²) in [5.74, 6) is 2.38. The maximum absolute atomic E-state index is 6.04. The maximum Gasteiger partial charge on any atom is 0.134 e. The van der Waals surface area contributed by atoms with Gasteiger partial charge < -0.3 is 9.73 Å². The highest BCUT2D eigenvalue weighted by Gasteiger charge is 2.34. The molecule has 1 aliphatic rings. The third-order valence-electron chi connectivity index (χ3n) is 4.49. The Bertz CT molecular complexity index is 557. The van der Waals surface area contributed by atoms with Gasteiger partial charge in [0.1, 0.15) is 11.3 Å². The first-order valence-corrected chi connectivity index (χ1v) is 6.86. The van der Waals surface area contributed by atoms with Crippen LogP contribution in [0, 0.1) is 12.8 Å². The van der Waals surface area contributed by atoms with E-state index >= 15 is 0 Å². The van der Waals surface area contributed by atoms with Crippen molar-refractivity contribution < 1.29 is 4.42 Å². The van der Waals surface area contributed by atoms with Crippen LogP contribution in [0.3, 0.4) is 0 Å². The van der Waals surface area contributed by atoms with E-state index in [1.165, 1.54) is 29.6 Å². The van der Waals surface area contributed by atoms with E-state index in [0.29, 0.717) is 17.9 Å². The fourth-order valence-electron chi connectivity index (χ4n) is 3.34. The van der Waals surface area contributed by atoms with Crippen molar-refractivity contribution in [1.82, 2.24) is 5.32 Å². The molecule has 0 radical (unpaired) electrons. The first-order chi connectivity index (χ1) is 8.69. The zero-order valence-corrected chi connectivity index (χ0v) is 11.4. The highest BCUT2D eigenvalue weighted by molar-refractivity contribution is 5.78. The molecule has 0 amide bonds. The molecule has 2 nitrogen and oxygen atoms in total. The van der Waals surface area contributed by atoms with Gasteiger partial charge in [-0.1, -0.05) is 18.6 Å². The van der Waals surface area contributed by atoms with Crippen LogP contribution in [0.1, 0.15) is 37.0 Å². The van der Waals surface area contributed by atoms with Crippen LogP contribution in [0.15, 0.2) is 28.7 Å². The van der Waals surface area contributed by atoms with Crippen molar-refractivity contribution in [2.75, 3.05) is 7.05 Å². The van der Waals surface area contributed by atoms with E-state index in [1.54, 1.807) is 0 Å². The largest absolute Gasteiger partial charge is 0.461 e. The van der Waals surface area contributed by atoms with E-state index < -0.39 is 0 Å². The quantitative estimate of drug-likeness (QED) is 0.867. The lowest BCUT2D eigenvalue weighted by Crippen LogP contribution is -2.28. The first-order valence-electron chi connectivity index (χ1n) is 6.86. The van der Waals surface area contributed by atoms with Crippen LogP contribution in [0.5, 0.6) is 0 Å². The molecule has 1 heterocycles. The Morgan fingerprint density at radius 2 is 2.06 bits per heavy atom. The summed E-state index contributed by atoms with van der Waals surface area (Å²) in [7, 11) is 2.06. The molecule has 1 N–H and O–H groups in total. The molecule has 1 fully saturated rings.